The van der Waals surface area contributed by atoms with E-state index in [2.05, 4.69) is 43.3 Å². The summed E-state index contributed by atoms with van der Waals surface area (Å²) in [5.41, 5.74) is 1.61. The summed E-state index contributed by atoms with van der Waals surface area (Å²) < 4.78 is 13.9. The topological polar surface area (TPSA) is 71.8 Å². The first-order valence-corrected chi connectivity index (χ1v) is 12.3. The second-order valence-electron chi connectivity index (χ2n) is 9.28. The van der Waals surface area contributed by atoms with Gasteiger partial charge in [-0.1, -0.05) is 0 Å². The second-order valence-corrected chi connectivity index (χ2v) is 9.62. The molecule has 0 aromatic carbocycles. The molecule has 0 radical (unpaired) electrons. The fourth-order valence-electron chi connectivity index (χ4n) is 5.11. The van der Waals surface area contributed by atoms with Crippen molar-refractivity contribution in [1.29, 1.82) is 0 Å². The summed E-state index contributed by atoms with van der Waals surface area (Å²) in [5.74, 6) is 1.81. The van der Waals surface area contributed by atoms with Crippen molar-refractivity contribution in [3.63, 3.8) is 0 Å². The summed E-state index contributed by atoms with van der Waals surface area (Å²) >= 11 is 6.42. The lowest BCUT2D eigenvalue weighted by molar-refractivity contribution is -0.0325. The molecule has 1 atom stereocenters. The third-order valence-electron chi connectivity index (χ3n) is 6.97. The van der Waals surface area contributed by atoms with Gasteiger partial charge in [-0.3, -0.25) is 9.47 Å². The highest BCUT2D eigenvalue weighted by molar-refractivity contribution is 6.28. The fourth-order valence-corrected chi connectivity index (χ4v) is 5.27. The van der Waals surface area contributed by atoms with Gasteiger partial charge in [0.2, 0.25) is 5.28 Å². The number of ether oxygens (including phenoxy) is 2. The van der Waals surface area contributed by atoms with Crippen LogP contribution in [0.25, 0.3) is 11.2 Å². The van der Waals surface area contributed by atoms with E-state index in [1.54, 1.807) is 0 Å². The average Bonchev–Trinajstić information content (AvgIpc) is 3.17. The average molecular weight is 464 g/mol. The molecule has 3 aliphatic heterocycles. The highest BCUT2D eigenvalue weighted by Gasteiger charge is 2.29. The van der Waals surface area contributed by atoms with Gasteiger partial charge in [0, 0.05) is 38.8 Å². The molecule has 2 aromatic heterocycles. The van der Waals surface area contributed by atoms with Gasteiger partial charge in [-0.25, -0.2) is 4.98 Å². The van der Waals surface area contributed by atoms with Crippen molar-refractivity contribution in [1.82, 2.24) is 29.3 Å². The number of aromatic nitrogens is 4. The molecule has 10 heteroatoms. The summed E-state index contributed by atoms with van der Waals surface area (Å²) in [7, 11) is 4.35. The van der Waals surface area contributed by atoms with E-state index in [0.717, 1.165) is 81.4 Å². The summed E-state index contributed by atoms with van der Waals surface area (Å²) in [6.45, 7) is 6.63. The van der Waals surface area contributed by atoms with Crippen LogP contribution in [-0.4, -0.2) is 95.5 Å². The van der Waals surface area contributed by atoms with Crippen LogP contribution in [0.3, 0.4) is 0 Å². The molecule has 176 valence electrons. The number of anilines is 1. The maximum atomic E-state index is 6.42. The fraction of sp³-hybridized carbons (Fsp3) is 0.773. The highest BCUT2D eigenvalue weighted by Crippen LogP contribution is 2.33. The standard InChI is InChI=1S/C22H34ClN7O2/c1-27(2)16-6-8-28(9-7-16)15-17-24-19-20(29-10-13-31-14-11-29)25-22(23)26-21(19)30(17)18-5-3-4-12-32-18/h16,18H,3-15H2,1-2H3. The number of fused-ring (bicyclic) bond motifs is 1. The smallest absolute Gasteiger partial charge is 0.226 e. The maximum Gasteiger partial charge on any atom is 0.226 e. The van der Waals surface area contributed by atoms with E-state index in [1.807, 2.05) is 0 Å². The van der Waals surface area contributed by atoms with E-state index in [-0.39, 0.29) is 11.5 Å². The van der Waals surface area contributed by atoms with Crippen LogP contribution < -0.4 is 4.90 Å². The SMILES string of the molecule is CN(C)C1CCN(Cc2nc3c(N4CCOCC4)nc(Cl)nc3n2C2CCCCO2)CC1. The number of imidazole rings is 1. The third kappa shape index (κ3) is 4.59. The van der Waals surface area contributed by atoms with E-state index >= 15 is 0 Å². The van der Waals surface area contributed by atoms with E-state index in [9.17, 15) is 0 Å². The van der Waals surface area contributed by atoms with Crippen LogP contribution >= 0.6 is 11.6 Å². The molecule has 3 saturated heterocycles. The first-order valence-electron chi connectivity index (χ1n) is 11.9. The van der Waals surface area contributed by atoms with E-state index in [1.165, 1.54) is 12.8 Å². The van der Waals surface area contributed by atoms with Crippen molar-refractivity contribution in [2.24, 2.45) is 0 Å². The van der Waals surface area contributed by atoms with Crippen molar-refractivity contribution >= 4 is 28.6 Å². The van der Waals surface area contributed by atoms with Gasteiger partial charge >= 0.3 is 0 Å². The predicted octanol–water partition coefficient (Wildman–Crippen LogP) is 2.54. The number of rotatable bonds is 5. The Bertz CT molecular complexity index is 917. The Morgan fingerprint density at radius 2 is 1.75 bits per heavy atom. The van der Waals surface area contributed by atoms with Crippen LogP contribution in [0.2, 0.25) is 5.28 Å². The lowest BCUT2D eigenvalue weighted by atomic mass is 10.0. The molecule has 0 N–H and O–H groups in total. The minimum atomic E-state index is -0.0495. The van der Waals surface area contributed by atoms with Gasteiger partial charge in [0.05, 0.1) is 19.8 Å². The second kappa shape index (κ2) is 9.77. The lowest BCUT2D eigenvalue weighted by Crippen LogP contribution is -2.42. The van der Waals surface area contributed by atoms with Crippen molar-refractivity contribution in [2.45, 2.75) is 50.9 Å². The van der Waals surface area contributed by atoms with Gasteiger partial charge in [-0.15, -0.1) is 0 Å². The molecule has 2 aromatic rings. The van der Waals surface area contributed by atoms with E-state index in [0.29, 0.717) is 19.3 Å². The maximum absolute atomic E-state index is 6.42. The Kier molecular flexibility index (Phi) is 6.80. The van der Waals surface area contributed by atoms with Crippen LogP contribution in [0.4, 0.5) is 5.82 Å². The Hall–Kier alpha value is -1.52. The minimum absolute atomic E-state index is 0.0495. The van der Waals surface area contributed by atoms with Crippen LogP contribution in [-0.2, 0) is 16.0 Å². The van der Waals surface area contributed by atoms with Gasteiger partial charge < -0.3 is 19.3 Å². The molecule has 0 aliphatic carbocycles. The van der Waals surface area contributed by atoms with Crippen LogP contribution in [0, 0.1) is 0 Å². The number of morpholine rings is 1. The molecule has 5 rings (SSSR count). The zero-order chi connectivity index (χ0) is 22.1. The van der Waals surface area contributed by atoms with Crippen molar-refractivity contribution < 1.29 is 9.47 Å². The van der Waals surface area contributed by atoms with Gasteiger partial charge in [-0.05, 0) is 57.8 Å². The molecule has 0 spiro atoms. The van der Waals surface area contributed by atoms with Crippen LogP contribution in [0.1, 0.15) is 44.2 Å². The molecular formula is C22H34ClN7O2. The Morgan fingerprint density at radius 3 is 2.44 bits per heavy atom. The molecule has 0 saturated carbocycles. The third-order valence-corrected chi connectivity index (χ3v) is 7.14. The largest absolute Gasteiger partial charge is 0.378 e. The summed E-state index contributed by atoms with van der Waals surface area (Å²) in [4.78, 5) is 21.4. The summed E-state index contributed by atoms with van der Waals surface area (Å²) in [6.07, 6.45) is 5.52. The van der Waals surface area contributed by atoms with Gasteiger partial charge in [-0.2, -0.15) is 9.97 Å². The Balaban J connectivity index is 1.50. The first kappa shape index (κ1) is 22.3. The normalized spacial score (nSPS) is 24.0. The van der Waals surface area contributed by atoms with Gasteiger partial charge in [0.15, 0.2) is 17.0 Å². The molecular weight excluding hydrogens is 430 g/mol. The number of piperidine rings is 1. The van der Waals surface area contributed by atoms with Crippen LogP contribution in [0.5, 0.6) is 0 Å². The quantitative estimate of drug-likeness (QED) is 0.626. The monoisotopic (exact) mass is 463 g/mol. The van der Waals surface area contributed by atoms with Crippen molar-refractivity contribution in [2.75, 3.05) is 65.0 Å². The molecule has 3 fully saturated rings. The van der Waals surface area contributed by atoms with E-state index < -0.39 is 0 Å². The summed E-state index contributed by atoms with van der Waals surface area (Å²) in [5, 5.41) is 0.259. The van der Waals surface area contributed by atoms with Crippen LogP contribution in [0.15, 0.2) is 0 Å². The molecule has 0 amide bonds. The molecule has 9 nitrogen and oxygen atoms in total. The van der Waals surface area contributed by atoms with Gasteiger partial charge in [0.1, 0.15) is 12.1 Å². The number of hydrogen-bond acceptors (Lipinski definition) is 8. The summed E-state index contributed by atoms with van der Waals surface area (Å²) in [6, 6.07) is 0.657. The number of likely N-dealkylation sites (tertiary alicyclic amines) is 1. The number of nitrogens with zero attached hydrogens (tertiary/aromatic N) is 7. The Morgan fingerprint density at radius 1 is 0.969 bits per heavy atom. The molecule has 3 aliphatic rings. The zero-order valence-electron chi connectivity index (χ0n) is 19.2. The molecule has 0 bridgehead atoms. The molecule has 1 unspecified atom stereocenters. The van der Waals surface area contributed by atoms with E-state index in [4.69, 9.17) is 26.1 Å². The zero-order valence-corrected chi connectivity index (χ0v) is 19.9. The predicted molar refractivity (Wildman–Crippen MR) is 124 cm³/mol. The first-order chi connectivity index (χ1) is 15.6. The molecule has 5 heterocycles. The Labute approximate surface area is 194 Å². The lowest BCUT2D eigenvalue weighted by Gasteiger charge is -2.35. The number of halogens is 1. The molecule has 32 heavy (non-hydrogen) atoms. The van der Waals surface area contributed by atoms with Crippen molar-refractivity contribution in [3.8, 4) is 0 Å². The van der Waals surface area contributed by atoms with Crippen molar-refractivity contribution in [3.05, 3.63) is 11.1 Å². The number of hydrogen-bond donors (Lipinski definition) is 0. The minimum Gasteiger partial charge on any atom is -0.378 e. The highest BCUT2D eigenvalue weighted by atomic mass is 35.5. The van der Waals surface area contributed by atoms with Gasteiger partial charge in [0.25, 0.3) is 0 Å².